The minimum atomic E-state index is -0.413. The Balaban J connectivity index is 2.61. The molecule has 1 aromatic heterocycles. The van der Waals surface area contributed by atoms with Gasteiger partial charge in [0.2, 0.25) is 5.88 Å². The van der Waals surface area contributed by atoms with E-state index in [1.807, 2.05) is 13.0 Å². The minimum Gasteiger partial charge on any atom is -0.493 e. The Kier molecular flexibility index (Phi) is 2.99. The molecule has 2 aromatic rings. The Morgan fingerprint density at radius 1 is 1.41 bits per heavy atom. The predicted molar refractivity (Wildman–Crippen MR) is 62.2 cm³/mol. The van der Waals surface area contributed by atoms with Crippen LogP contribution in [-0.2, 0) is 6.42 Å². The Hall–Kier alpha value is -2.04. The third-order valence-electron chi connectivity index (χ3n) is 2.52. The second-order valence-electron chi connectivity index (χ2n) is 3.63. The molecule has 0 atom stereocenters. The third kappa shape index (κ3) is 2.08. The number of ether oxygens (including phenoxy) is 1. The van der Waals surface area contributed by atoms with Gasteiger partial charge in [0.05, 0.1) is 7.11 Å². The molecule has 0 unspecified atom stereocenters. The molecule has 0 fully saturated rings. The van der Waals surface area contributed by atoms with Crippen LogP contribution in [0.15, 0.2) is 22.7 Å². The number of rotatable bonds is 3. The van der Waals surface area contributed by atoms with Crippen molar-refractivity contribution in [2.45, 2.75) is 13.3 Å². The van der Waals surface area contributed by atoms with E-state index < -0.39 is 5.82 Å². The maximum atomic E-state index is 13.8. The van der Waals surface area contributed by atoms with Crippen molar-refractivity contribution in [1.29, 1.82) is 0 Å². The van der Waals surface area contributed by atoms with Crippen LogP contribution in [0.4, 0.5) is 10.3 Å². The molecule has 0 aliphatic carbocycles. The van der Waals surface area contributed by atoms with E-state index in [1.54, 1.807) is 0 Å². The maximum Gasteiger partial charge on any atom is 0.222 e. The van der Waals surface area contributed by atoms with Crippen molar-refractivity contribution >= 4 is 5.88 Å². The lowest BCUT2D eigenvalue weighted by atomic mass is 10.0. The highest BCUT2D eigenvalue weighted by molar-refractivity contribution is 5.69. The van der Waals surface area contributed by atoms with Crippen LogP contribution in [0.5, 0.6) is 5.75 Å². The van der Waals surface area contributed by atoms with Crippen molar-refractivity contribution in [2.24, 2.45) is 0 Å². The molecule has 17 heavy (non-hydrogen) atoms. The van der Waals surface area contributed by atoms with Crippen molar-refractivity contribution in [1.82, 2.24) is 5.16 Å². The second kappa shape index (κ2) is 4.45. The Morgan fingerprint density at radius 3 is 2.71 bits per heavy atom. The van der Waals surface area contributed by atoms with Crippen molar-refractivity contribution in [3.8, 4) is 17.0 Å². The lowest BCUT2D eigenvalue weighted by Crippen LogP contribution is -1.95. The van der Waals surface area contributed by atoms with E-state index in [9.17, 15) is 4.39 Å². The first-order valence-electron chi connectivity index (χ1n) is 5.24. The molecule has 0 amide bonds. The van der Waals surface area contributed by atoms with Gasteiger partial charge in [0.15, 0.2) is 11.6 Å². The normalized spacial score (nSPS) is 10.5. The molecule has 0 radical (unpaired) electrons. The Bertz CT molecular complexity index is 537. The van der Waals surface area contributed by atoms with Gasteiger partial charge in [-0.05, 0) is 24.1 Å². The van der Waals surface area contributed by atoms with Crippen LogP contribution in [0.3, 0.4) is 0 Å². The molecular weight excluding hydrogens is 223 g/mol. The second-order valence-corrected chi connectivity index (χ2v) is 3.63. The predicted octanol–water partition coefficient (Wildman–Crippen LogP) is 2.63. The molecule has 2 N–H and O–H groups in total. The van der Waals surface area contributed by atoms with Crippen molar-refractivity contribution in [3.05, 3.63) is 29.6 Å². The molecule has 2 rings (SSSR count). The summed E-state index contributed by atoms with van der Waals surface area (Å²) in [6.07, 6.45) is 0.723. The van der Waals surface area contributed by atoms with E-state index in [0.717, 1.165) is 12.0 Å². The van der Waals surface area contributed by atoms with Crippen LogP contribution in [0, 0.1) is 5.82 Å². The van der Waals surface area contributed by atoms with Crippen molar-refractivity contribution in [2.75, 3.05) is 12.8 Å². The fraction of sp³-hybridized carbons (Fsp3) is 0.250. The van der Waals surface area contributed by atoms with E-state index in [-0.39, 0.29) is 11.6 Å². The van der Waals surface area contributed by atoms with Crippen LogP contribution in [0.25, 0.3) is 11.3 Å². The number of aromatic nitrogens is 1. The number of benzene rings is 1. The first-order chi connectivity index (χ1) is 8.15. The van der Waals surface area contributed by atoms with Gasteiger partial charge in [0.1, 0.15) is 5.69 Å². The number of hydrogen-bond donors (Lipinski definition) is 1. The van der Waals surface area contributed by atoms with E-state index in [1.165, 1.54) is 19.2 Å². The summed E-state index contributed by atoms with van der Waals surface area (Å²) < 4.78 is 23.6. The van der Waals surface area contributed by atoms with Gasteiger partial charge in [-0.25, -0.2) is 4.39 Å². The van der Waals surface area contributed by atoms with Crippen LogP contribution in [0.1, 0.15) is 12.5 Å². The Labute approximate surface area is 98.2 Å². The number of nitrogens with zero attached hydrogens (tertiary/aromatic N) is 1. The summed E-state index contributed by atoms with van der Waals surface area (Å²) in [5, 5.41) is 3.76. The summed E-state index contributed by atoms with van der Waals surface area (Å²) in [4.78, 5) is 0. The molecule has 0 spiro atoms. The van der Waals surface area contributed by atoms with Gasteiger partial charge in [0, 0.05) is 11.6 Å². The average Bonchev–Trinajstić information content (AvgIpc) is 2.74. The molecule has 0 aliphatic heterocycles. The summed E-state index contributed by atoms with van der Waals surface area (Å²) in [6, 6.07) is 4.81. The SMILES string of the molecule is CCc1cc(F)c(OC)c(-c2cc(N)on2)c1. The third-order valence-corrected chi connectivity index (χ3v) is 2.52. The topological polar surface area (TPSA) is 61.3 Å². The number of nitrogens with two attached hydrogens (primary N) is 1. The van der Waals surface area contributed by atoms with E-state index >= 15 is 0 Å². The first kappa shape index (κ1) is 11.4. The van der Waals surface area contributed by atoms with E-state index in [2.05, 4.69) is 5.16 Å². The number of hydrogen-bond acceptors (Lipinski definition) is 4. The highest BCUT2D eigenvalue weighted by Gasteiger charge is 2.15. The van der Waals surface area contributed by atoms with E-state index in [4.69, 9.17) is 15.0 Å². The van der Waals surface area contributed by atoms with Crippen LogP contribution < -0.4 is 10.5 Å². The smallest absolute Gasteiger partial charge is 0.222 e. The van der Waals surface area contributed by atoms with Gasteiger partial charge < -0.3 is 15.0 Å². The zero-order valence-electron chi connectivity index (χ0n) is 9.66. The molecule has 5 heteroatoms. The fourth-order valence-corrected chi connectivity index (χ4v) is 1.67. The zero-order valence-corrected chi connectivity index (χ0v) is 9.66. The van der Waals surface area contributed by atoms with Crippen LogP contribution >= 0.6 is 0 Å². The van der Waals surface area contributed by atoms with Gasteiger partial charge in [-0.3, -0.25) is 0 Å². The molecule has 0 saturated heterocycles. The lowest BCUT2D eigenvalue weighted by Gasteiger charge is -2.09. The molecule has 4 nitrogen and oxygen atoms in total. The van der Waals surface area contributed by atoms with Crippen LogP contribution in [-0.4, -0.2) is 12.3 Å². The lowest BCUT2D eigenvalue weighted by molar-refractivity contribution is 0.386. The number of methoxy groups -OCH3 is 1. The van der Waals surface area contributed by atoms with Crippen molar-refractivity contribution < 1.29 is 13.7 Å². The number of anilines is 1. The molecular formula is C12H13FN2O2. The molecule has 1 aromatic carbocycles. The molecule has 1 heterocycles. The zero-order chi connectivity index (χ0) is 12.4. The van der Waals surface area contributed by atoms with Crippen molar-refractivity contribution in [3.63, 3.8) is 0 Å². The number of aryl methyl sites for hydroxylation is 1. The van der Waals surface area contributed by atoms with Gasteiger partial charge >= 0.3 is 0 Å². The largest absolute Gasteiger partial charge is 0.493 e. The average molecular weight is 236 g/mol. The summed E-state index contributed by atoms with van der Waals surface area (Å²) in [6.45, 7) is 1.95. The van der Waals surface area contributed by atoms with Gasteiger partial charge in [-0.1, -0.05) is 12.1 Å². The van der Waals surface area contributed by atoms with Gasteiger partial charge in [-0.15, -0.1) is 0 Å². The minimum absolute atomic E-state index is 0.149. The Morgan fingerprint density at radius 2 is 2.18 bits per heavy atom. The summed E-state index contributed by atoms with van der Waals surface area (Å²) in [5.41, 5.74) is 7.33. The molecule has 0 aliphatic rings. The summed E-state index contributed by atoms with van der Waals surface area (Å²) >= 11 is 0. The standard InChI is InChI=1S/C12H13FN2O2/c1-3-7-4-8(10-6-11(14)17-15-10)12(16-2)9(13)5-7/h4-6H,3,14H2,1-2H3. The van der Waals surface area contributed by atoms with Crippen LogP contribution in [0.2, 0.25) is 0 Å². The quantitative estimate of drug-likeness (QED) is 0.889. The van der Waals surface area contributed by atoms with Gasteiger partial charge in [-0.2, -0.15) is 0 Å². The van der Waals surface area contributed by atoms with E-state index in [0.29, 0.717) is 11.3 Å². The molecule has 90 valence electrons. The monoisotopic (exact) mass is 236 g/mol. The highest BCUT2D eigenvalue weighted by Crippen LogP contribution is 2.33. The highest BCUT2D eigenvalue weighted by atomic mass is 19.1. The number of halogens is 1. The summed E-state index contributed by atoms with van der Waals surface area (Å²) in [5.74, 6) is -0.0803. The number of nitrogen functional groups attached to an aromatic ring is 1. The fourth-order valence-electron chi connectivity index (χ4n) is 1.67. The maximum absolute atomic E-state index is 13.8. The molecule has 0 bridgehead atoms. The first-order valence-corrected chi connectivity index (χ1v) is 5.24. The molecule has 0 saturated carbocycles. The van der Waals surface area contributed by atoms with Gasteiger partial charge in [0.25, 0.3) is 0 Å². The summed E-state index contributed by atoms with van der Waals surface area (Å²) in [7, 11) is 1.41.